The molecular formula is C12H19NOS. The van der Waals surface area contributed by atoms with Gasteiger partial charge in [-0.3, -0.25) is 4.79 Å². The molecule has 0 spiro atoms. The average molecular weight is 225 g/mol. The summed E-state index contributed by atoms with van der Waals surface area (Å²) in [5, 5.41) is 0. The molecule has 84 valence electrons. The smallest absolute Gasteiger partial charge is 0.158 e. The second-order valence-electron chi connectivity index (χ2n) is 4.76. The highest BCUT2D eigenvalue weighted by molar-refractivity contribution is 7.78. The Labute approximate surface area is 97.0 Å². The fourth-order valence-electron chi connectivity index (χ4n) is 2.72. The minimum Gasteiger partial charge on any atom is -0.353 e. The number of carbonyl (C=O) groups excluding carboxylic acids is 1. The van der Waals surface area contributed by atoms with Crippen molar-refractivity contribution in [2.45, 2.75) is 63.5 Å². The van der Waals surface area contributed by atoms with E-state index in [0.29, 0.717) is 18.2 Å². The summed E-state index contributed by atoms with van der Waals surface area (Å²) in [6, 6.07) is 0.554. The van der Waals surface area contributed by atoms with Crippen molar-refractivity contribution < 1.29 is 4.79 Å². The highest BCUT2D eigenvalue weighted by Gasteiger charge is 2.49. The summed E-state index contributed by atoms with van der Waals surface area (Å²) in [6.45, 7) is 1.96. The Morgan fingerprint density at radius 1 is 1.47 bits per heavy atom. The third kappa shape index (κ3) is 1.61. The van der Waals surface area contributed by atoms with Crippen LogP contribution in [0.1, 0.15) is 51.9 Å². The van der Waals surface area contributed by atoms with Crippen LogP contribution in [0.25, 0.3) is 0 Å². The van der Waals surface area contributed by atoms with Crippen molar-refractivity contribution in [3.63, 3.8) is 0 Å². The Hall–Kier alpha value is -0.440. The van der Waals surface area contributed by atoms with Gasteiger partial charge in [0.2, 0.25) is 0 Å². The highest BCUT2D eigenvalue weighted by Crippen LogP contribution is 2.43. The van der Waals surface area contributed by atoms with Crippen LogP contribution in [0.3, 0.4) is 0 Å². The van der Waals surface area contributed by atoms with E-state index in [9.17, 15) is 4.79 Å². The van der Waals surface area contributed by atoms with Crippen molar-refractivity contribution in [2.75, 3.05) is 0 Å². The minimum absolute atomic E-state index is 0.193. The molecule has 2 fully saturated rings. The van der Waals surface area contributed by atoms with E-state index in [2.05, 4.69) is 4.90 Å². The third-order valence-electron chi connectivity index (χ3n) is 4.10. The lowest BCUT2D eigenvalue weighted by molar-refractivity contribution is -0.135. The fourth-order valence-corrected chi connectivity index (χ4v) is 3.10. The average Bonchev–Trinajstić information content (AvgIpc) is 2.11. The van der Waals surface area contributed by atoms with Gasteiger partial charge in [0.15, 0.2) is 5.78 Å². The van der Waals surface area contributed by atoms with Gasteiger partial charge in [-0.1, -0.05) is 19.1 Å². The lowest BCUT2D eigenvalue weighted by Crippen LogP contribution is -2.62. The molecule has 2 saturated carbocycles. The summed E-state index contributed by atoms with van der Waals surface area (Å²) in [5.74, 6) is 0.391. The molecular weight excluding hydrogens is 206 g/mol. The summed E-state index contributed by atoms with van der Waals surface area (Å²) in [4.78, 5) is 14.3. The van der Waals surface area contributed by atoms with Gasteiger partial charge in [-0.05, 0) is 38.5 Å². The molecule has 0 saturated heterocycles. The van der Waals surface area contributed by atoms with E-state index in [1.54, 1.807) is 5.49 Å². The van der Waals surface area contributed by atoms with Crippen LogP contribution in [0.4, 0.5) is 0 Å². The molecule has 0 heterocycles. The van der Waals surface area contributed by atoms with Crippen LogP contribution in [0.15, 0.2) is 0 Å². The number of thiocarbonyl (C=S) groups is 1. The van der Waals surface area contributed by atoms with Crippen LogP contribution in [-0.4, -0.2) is 27.8 Å². The van der Waals surface area contributed by atoms with Crippen molar-refractivity contribution in [1.29, 1.82) is 0 Å². The van der Waals surface area contributed by atoms with E-state index in [4.69, 9.17) is 12.2 Å². The number of nitrogens with zero attached hydrogens (tertiary/aromatic N) is 1. The molecule has 3 heteroatoms. The molecule has 2 rings (SSSR count). The largest absolute Gasteiger partial charge is 0.353 e. The molecule has 2 nitrogen and oxygen atoms in total. The summed E-state index contributed by atoms with van der Waals surface area (Å²) in [7, 11) is 0. The Morgan fingerprint density at radius 3 is 2.40 bits per heavy atom. The Bertz CT molecular complexity index is 269. The summed E-state index contributed by atoms with van der Waals surface area (Å²) < 4.78 is 0. The second-order valence-corrected chi connectivity index (χ2v) is 4.97. The van der Waals surface area contributed by atoms with Crippen molar-refractivity contribution in [3.05, 3.63) is 0 Å². The van der Waals surface area contributed by atoms with Gasteiger partial charge >= 0.3 is 0 Å². The first-order valence-corrected chi connectivity index (χ1v) is 6.49. The summed E-state index contributed by atoms with van der Waals surface area (Å²) in [6.07, 6.45) is 7.58. The second kappa shape index (κ2) is 4.20. The van der Waals surface area contributed by atoms with Crippen LogP contribution in [0, 0.1) is 0 Å². The van der Waals surface area contributed by atoms with Gasteiger partial charge in [0, 0.05) is 12.5 Å². The molecule has 0 N–H and O–H groups in total. The maximum Gasteiger partial charge on any atom is 0.158 e. The molecule has 2 aliphatic rings. The number of Topliss-reactive ketones (excluding diaryl/α,β-unsaturated/α-hetero) is 1. The van der Waals surface area contributed by atoms with Gasteiger partial charge in [-0.2, -0.15) is 0 Å². The van der Waals surface area contributed by atoms with Crippen LogP contribution >= 0.6 is 12.2 Å². The van der Waals surface area contributed by atoms with E-state index >= 15 is 0 Å². The standard InChI is InChI=1S/C12H19NOS/c1-2-11(14)12(7-4-8-12)13(9-15)10-5-3-6-10/h9-10H,2-8H2,1H3. The van der Waals surface area contributed by atoms with Gasteiger partial charge < -0.3 is 4.90 Å². The predicted molar refractivity (Wildman–Crippen MR) is 65.0 cm³/mol. The molecule has 0 amide bonds. The molecule has 0 unspecified atom stereocenters. The fraction of sp³-hybridized carbons (Fsp3) is 0.833. The Morgan fingerprint density at radius 2 is 2.13 bits per heavy atom. The topological polar surface area (TPSA) is 20.3 Å². The van der Waals surface area contributed by atoms with Gasteiger partial charge in [0.05, 0.1) is 11.0 Å². The summed E-state index contributed by atoms with van der Waals surface area (Å²) in [5.41, 5.74) is 1.55. The first kappa shape index (κ1) is 11.1. The Kier molecular flexibility index (Phi) is 3.10. The van der Waals surface area contributed by atoms with Crippen LogP contribution < -0.4 is 0 Å². The Balaban J connectivity index is 2.15. The SMILES string of the molecule is CCC(=O)C1(N(C=S)C2CCC2)CCC1. The number of hydrogen-bond acceptors (Lipinski definition) is 2. The van der Waals surface area contributed by atoms with E-state index in [1.165, 1.54) is 25.7 Å². The quantitative estimate of drug-likeness (QED) is 0.671. The molecule has 2 aliphatic carbocycles. The highest BCUT2D eigenvalue weighted by atomic mass is 32.1. The zero-order chi connectivity index (χ0) is 10.9. The number of carbonyl (C=O) groups is 1. The van der Waals surface area contributed by atoms with E-state index in [1.807, 2.05) is 6.92 Å². The summed E-state index contributed by atoms with van der Waals surface area (Å²) >= 11 is 5.11. The van der Waals surface area contributed by atoms with Crippen molar-refractivity contribution in [1.82, 2.24) is 4.90 Å². The van der Waals surface area contributed by atoms with Crippen LogP contribution in [-0.2, 0) is 4.79 Å². The molecule has 0 aliphatic heterocycles. The molecule has 0 radical (unpaired) electrons. The third-order valence-corrected chi connectivity index (χ3v) is 4.32. The molecule has 0 atom stereocenters. The molecule has 0 aromatic carbocycles. The lowest BCUT2D eigenvalue weighted by atomic mass is 9.70. The van der Waals surface area contributed by atoms with Gasteiger partial charge in [0.25, 0.3) is 0 Å². The molecule has 0 aromatic rings. The van der Waals surface area contributed by atoms with Crippen molar-refractivity contribution in [2.24, 2.45) is 0 Å². The number of rotatable bonds is 5. The molecule has 0 aromatic heterocycles. The van der Waals surface area contributed by atoms with Gasteiger partial charge in [-0.15, -0.1) is 0 Å². The van der Waals surface area contributed by atoms with Crippen molar-refractivity contribution >= 4 is 23.5 Å². The first-order valence-electron chi connectivity index (χ1n) is 6.01. The molecule has 0 bridgehead atoms. The van der Waals surface area contributed by atoms with E-state index in [-0.39, 0.29) is 5.54 Å². The zero-order valence-corrected chi connectivity index (χ0v) is 10.2. The predicted octanol–water partition coefficient (Wildman–Crippen LogP) is 2.70. The maximum absolute atomic E-state index is 12.1. The maximum atomic E-state index is 12.1. The molecule has 15 heavy (non-hydrogen) atoms. The van der Waals surface area contributed by atoms with Crippen molar-refractivity contribution in [3.8, 4) is 0 Å². The number of ketones is 1. The zero-order valence-electron chi connectivity index (χ0n) is 9.37. The number of hydrogen-bond donors (Lipinski definition) is 0. The first-order chi connectivity index (χ1) is 7.24. The van der Waals surface area contributed by atoms with Gasteiger partial charge in [0.1, 0.15) is 0 Å². The minimum atomic E-state index is -0.193. The lowest BCUT2D eigenvalue weighted by Gasteiger charge is -2.53. The normalized spacial score (nSPS) is 23.8. The van der Waals surface area contributed by atoms with Gasteiger partial charge in [-0.25, -0.2) is 0 Å². The van der Waals surface area contributed by atoms with Crippen LogP contribution in [0.5, 0.6) is 0 Å². The monoisotopic (exact) mass is 225 g/mol. The van der Waals surface area contributed by atoms with Crippen LogP contribution in [0.2, 0.25) is 0 Å². The van der Waals surface area contributed by atoms with E-state index < -0.39 is 0 Å². The van der Waals surface area contributed by atoms with E-state index in [0.717, 1.165) is 12.8 Å².